The topological polar surface area (TPSA) is 136 Å². The molecule has 1 saturated heterocycles. The van der Waals surface area contributed by atoms with E-state index in [2.05, 4.69) is 5.32 Å². The molecule has 3 amide bonds. The van der Waals surface area contributed by atoms with Crippen LogP contribution in [0.2, 0.25) is 0 Å². The first-order valence-electron chi connectivity index (χ1n) is 11.2. The Morgan fingerprint density at radius 3 is 2.26 bits per heavy atom. The molecule has 2 atom stereocenters. The van der Waals surface area contributed by atoms with Gasteiger partial charge < -0.3 is 30.1 Å². The van der Waals surface area contributed by atoms with E-state index in [0.29, 0.717) is 5.69 Å². The Balaban J connectivity index is 1.80. The van der Waals surface area contributed by atoms with Crippen LogP contribution in [0.25, 0.3) is 10.8 Å². The maximum Gasteiger partial charge on any atom is 0.409 e. The first-order chi connectivity index (χ1) is 16.3. The zero-order chi connectivity index (χ0) is 24.7. The molecular formula is C24H29N3O7. The maximum absolute atomic E-state index is 13.4. The molecule has 1 heterocycles. The van der Waals surface area contributed by atoms with Gasteiger partial charge in [-0.25, -0.2) is 4.79 Å². The molecule has 2 unspecified atom stereocenters. The fraction of sp³-hybridized carbons (Fsp3) is 0.417. The van der Waals surface area contributed by atoms with Gasteiger partial charge in [-0.05, 0) is 36.2 Å². The van der Waals surface area contributed by atoms with Crippen molar-refractivity contribution in [3.8, 4) is 0 Å². The molecule has 1 aliphatic heterocycles. The molecule has 0 spiro atoms. The number of hydrogen-bond donors (Lipinski definition) is 3. The van der Waals surface area contributed by atoms with Gasteiger partial charge >= 0.3 is 12.1 Å². The summed E-state index contributed by atoms with van der Waals surface area (Å²) < 4.78 is 4.98. The number of hydrogen-bond acceptors (Lipinski definition) is 6. The number of fused-ring (bicyclic) bond motifs is 1. The number of rotatable bonds is 8. The summed E-state index contributed by atoms with van der Waals surface area (Å²) >= 11 is 0. The quantitative estimate of drug-likeness (QED) is 0.499. The van der Waals surface area contributed by atoms with Gasteiger partial charge in [0.25, 0.3) is 0 Å². The SMILES string of the molecule is CCOC(=O)N1CCN(C(=O)C(C(=O)Nc2ccc3ccccc3c2)C(CCO)C(=O)O)CC1. The highest BCUT2D eigenvalue weighted by atomic mass is 16.6. The summed E-state index contributed by atoms with van der Waals surface area (Å²) in [5, 5.41) is 23.6. The molecule has 1 aliphatic rings. The standard InChI is InChI=1S/C24H29N3O7/c1-2-34-24(33)27-12-10-26(11-13-27)22(30)20(19(9-14-28)23(31)32)21(29)25-18-8-7-16-5-3-4-6-17(16)15-18/h3-8,15,19-20,28H,2,9-14H2,1H3,(H,25,29)(H,31,32). The summed E-state index contributed by atoms with van der Waals surface area (Å²) in [4.78, 5) is 53.3. The molecule has 0 aliphatic carbocycles. The lowest BCUT2D eigenvalue weighted by atomic mass is 9.87. The number of amides is 3. The number of carbonyl (C=O) groups excluding carboxylic acids is 3. The predicted molar refractivity (Wildman–Crippen MR) is 124 cm³/mol. The Kier molecular flexibility index (Phi) is 8.42. The van der Waals surface area contributed by atoms with Gasteiger partial charge in [0.15, 0.2) is 0 Å². The van der Waals surface area contributed by atoms with E-state index >= 15 is 0 Å². The fourth-order valence-corrected chi connectivity index (χ4v) is 4.05. The van der Waals surface area contributed by atoms with Crippen LogP contribution in [-0.2, 0) is 19.1 Å². The second-order valence-corrected chi connectivity index (χ2v) is 8.00. The number of ether oxygens (including phenoxy) is 1. The highest BCUT2D eigenvalue weighted by molar-refractivity contribution is 6.09. The molecule has 10 heteroatoms. The molecule has 0 saturated carbocycles. The highest BCUT2D eigenvalue weighted by Crippen LogP contribution is 2.24. The van der Waals surface area contributed by atoms with E-state index in [-0.39, 0.29) is 39.2 Å². The van der Waals surface area contributed by atoms with E-state index < -0.39 is 42.3 Å². The van der Waals surface area contributed by atoms with E-state index in [4.69, 9.17) is 4.74 Å². The van der Waals surface area contributed by atoms with Gasteiger partial charge in [0.1, 0.15) is 5.92 Å². The number of aliphatic hydroxyl groups excluding tert-OH is 1. The zero-order valence-electron chi connectivity index (χ0n) is 19.0. The molecule has 3 N–H and O–H groups in total. The number of nitrogens with zero attached hydrogens (tertiary/aromatic N) is 2. The lowest BCUT2D eigenvalue weighted by molar-refractivity contribution is -0.155. The minimum Gasteiger partial charge on any atom is -0.481 e. The van der Waals surface area contributed by atoms with Crippen molar-refractivity contribution in [2.45, 2.75) is 13.3 Å². The summed E-state index contributed by atoms with van der Waals surface area (Å²) in [6, 6.07) is 12.8. The number of aliphatic hydroxyl groups is 1. The first kappa shape index (κ1) is 25.0. The lowest BCUT2D eigenvalue weighted by Gasteiger charge is -2.36. The van der Waals surface area contributed by atoms with Gasteiger partial charge in [-0.1, -0.05) is 30.3 Å². The second kappa shape index (κ2) is 11.5. The van der Waals surface area contributed by atoms with E-state index in [0.717, 1.165) is 10.8 Å². The van der Waals surface area contributed by atoms with Crippen molar-refractivity contribution < 1.29 is 34.1 Å². The highest BCUT2D eigenvalue weighted by Gasteiger charge is 2.42. The van der Waals surface area contributed by atoms with Gasteiger partial charge in [0.2, 0.25) is 11.8 Å². The molecule has 0 bridgehead atoms. The predicted octanol–water partition coefficient (Wildman–Crippen LogP) is 1.78. The van der Waals surface area contributed by atoms with Crippen molar-refractivity contribution in [1.29, 1.82) is 0 Å². The van der Waals surface area contributed by atoms with Crippen LogP contribution in [0.15, 0.2) is 42.5 Å². The van der Waals surface area contributed by atoms with Crippen LogP contribution in [0.3, 0.4) is 0 Å². The number of carbonyl (C=O) groups is 4. The van der Waals surface area contributed by atoms with Crippen LogP contribution in [0.4, 0.5) is 10.5 Å². The van der Waals surface area contributed by atoms with E-state index in [1.165, 1.54) is 9.80 Å². The Bertz CT molecular complexity index is 1050. The Morgan fingerprint density at radius 2 is 1.65 bits per heavy atom. The third kappa shape index (κ3) is 5.82. The van der Waals surface area contributed by atoms with Gasteiger partial charge in [0, 0.05) is 38.5 Å². The van der Waals surface area contributed by atoms with E-state index in [1.807, 2.05) is 30.3 Å². The number of carboxylic acids is 1. The molecule has 0 radical (unpaired) electrons. The number of benzene rings is 2. The van der Waals surface area contributed by atoms with Crippen molar-refractivity contribution in [1.82, 2.24) is 9.80 Å². The maximum atomic E-state index is 13.4. The average Bonchev–Trinajstić information content (AvgIpc) is 2.83. The van der Waals surface area contributed by atoms with Crippen LogP contribution in [0, 0.1) is 11.8 Å². The van der Waals surface area contributed by atoms with Crippen molar-refractivity contribution >= 4 is 40.3 Å². The number of carboxylic acid groups (broad SMARTS) is 1. The van der Waals surface area contributed by atoms with Gasteiger partial charge in [-0.2, -0.15) is 0 Å². The molecule has 1 fully saturated rings. The van der Waals surface area contributed by atoms with Crippen LogP contribution in [-0.4, -0.2) is 83.3 Å². The van der Waals surface area contributed by atoms with Crippen LogP contribution in [0.1, 0.15) is 13.3 Å². The minimum absolute atomic E-state index is 0.142. The van der Waals surface area contributed by atoms with Gasteiger partial charge in [0.05, 0.1) is 12.5 Å². The molecule has 10 nitrogen and oxygen atoms in total. The minimum atomic E-state index is -1.54. The zero-order valence-corrected chi connectivity index (χ0v) is 19.0. The van der Waals surface area contributed by atoms with Crippen LogP contribution < -0.4 is 5.32 Å². The molecule has 2 aromatic rings. The third-order valence-corrected chi connectivity index (χ3v) is 5.84. The summed E-state index contributed by atoms with van der Waals surface area (Å²) in [6.45, 7) is 2.15. The first-order valence-corrected chi connectivity index (χ1v) is 11.2. The summed E-state index contributed by atoms with van der Waals surface area (Å²) in [7, 11) is 0. The van der Waals surface area contributed by atoms with Crippen molar-refractivity contribution in [2.75, 3.05) is 44.7 Å². The van der Waals surface area contributed by atoms with E-state index in [1.54, 1.807) is 19.1 Å². The molecule has 0 aromatic heterocycles. The summed E-state index contributed by atoms with van der Waals surface area (Å²) in [5.74, 6) is -5.69. The molecule has 2 aromatic carbocycles. The number of aliphatic carboxylic acids is 1. The summed E-state index contributed by atoms with van der Waals surface area (Å²) in [6.07, 6.45) is -0.733. The smallest absolute Gasteiger partial charge is 0.409 e. The van der Waals surface area contributed by atoms with Crippen LogP contribution >= 0.6 is 0 Å². The van der Waals surface area contributed by atoms with Crippen molar-refractivity contribution in [3.63, 3.8) is 0 Å². The lowest BCUT2D eigenvalue weighted by Crippen LogP contribution is -2.55. The fourth-order valence-electron chi connectivity index (χ4n) is 4.05. The Hall–Kier alpha value is -3.66. The largest absolute Gasteiger partial charge is 0.481 e. The van der Waals surface area contributed by atoms with Crippen molar-refractivity contribution in [3.05, 3.63) is 42.5 Å². The number of anilines is 1. The molecule has 34 heavy (non-hydrogen) atoms. The Morgan fingerprint density at radius 1 is 1.00 bits per heavy atom. The monoisotopic (exact) mass is 471 g/mol. The third-order valence-electron chi connectivity index (χ3n) is 5.84. The van der Waals surface area contributed by atoms with Gasteiger partial charge in [-0.3, -0.25) is 14.4 Å². The van der Waals surface area contributed by atoms with Gasteiger partial charge in [-0.15, -0.1) is 0 Å². The second-order valence-electron chi connectivity index (χ2n) is 8.00. The molecule has 3 rings (SSSR count). The van der Waals surface area contributed by atoms with Crippen LogP contribution in [0.5, 0.6) is 0 Å². The normalized spacial score (nSPS) is 15.5. The summed E-state index contributed by atoms with van der Waals surface area (Å²) in [5.41, 5.74) is 0.432. The molecular weight excluding hydrogens is 442 g/mol. The number of nitrogens with one attached hydrogen (secondary N) is 1. The number of piperazine rings is 1. The van der Waals surface area contributed by atoms with Crippen molar-refractivity contribution in [2.24, 2.45) is 11.8 Å². The molecule has 182 valence electrons. The van der Waals surface area contributed by atoms with E-state index in [9.17, 15) is 29.4 Å². The Labute approximate surface area is 197 Å². The average molecular weight is 472 g/mol.